The number of rotatable bonds is 12. The molecule has 0 radical (unpaired) electrons. The number of aromatic nitrogens is 4. The summed E-state index contributed by atoms with van der Waals surface area (Å²) in [5.41, 5.74) is -0.178. The summed E-state index contributed by atoms with van der Waals surface area (Å²) in [6.07, 6.45) is 6.20. The highest BCUT2D eigenvalue weighted by atomic mass is 32.2. The molecule has 57 heavy (non-hydrogen) atoms. The predicted molar refractivity (Wildman–Crippen MR) is 207 cm³/mol. The second kappa shape index (κ2) is 14.2. The number of nitrogens with one attached hydrogen (secondary N) is 3. The monoisotopic (exact) mass is 796 g/mol. The Morgan fingerprint density at radius 2 is 1.84 bits per heavy atom. The lowest BCUT2D eigenvalue weighted by Gasteiger charge is -2.36. The largest absolute Gasteiger partial charge is 0.470 e. The lowest BCUT2D eigenvalue weighted by Crippen LogP contribution is -2.58. The topological polar surface area (TPSA) is 199 Å². The van der Waals surface area contributed by atoms with Crippen LogP contribution >= 0.6 is 0 Å². The van der Waals surface area contributed by atoms with E-state index in [1.165, 1.54) is 53.8 Å². The number of amides is 3. The van der Waals surface area contributed by atoms with Crippen molar-refractivity contribution in [3.05, 3.63) is 85.6 Å². The Morgan fingerprint density at radius 1 is 1.09 bits per heavy atom. The third-order valence-corrected chi connectivity index (χ3v) is 12.4. The molecule has 296 valence electrons. The summed E-state index contributed by atoms with van der Waals surface area (Å²) in [5, 5.41) is 6.09. The van der Waals surface area contributed by atoms with Crippen molar-refractivity contribution in [3.8, 4) is 17.4 Å². The number of halogens is 1. The number of nitrogens with zero attached hydrogens (tertiary/aromatic N) is 5. The Balaban J connectivity index is 1.14. The molecule has 1 aliphatic heterocycles. The van der Waals surface area contributed by atoms with Crippen LogP contribution in [-0.2, 0) is 24.4 Å². The minimum absolute atomic E-state index is 0.0337. The molecule has 5 aromatic rings. The molecule has 2 aromatic carbocycles. The fourth-order valence-electron chi connectivity index (χ4n) is 7.25. The summed E-state index contributed by atoms with van der Waals surface area (Å²) >= 11 is 0. The standard InChI is InChI=1S/C40H41FN8O7S/c1-5-22-19-40(22,38(52)48-57(53,54)26-14-15-26)47-35(50)29-18-25(21-49(29)37(51)33(39(2,3)4)44-24-12-10-23(41)11-13-24)55-36-32-31(27-8-6-7-9-30(27)56-32)45-34(46-36)28-20-42-16-17-43-28/h5-13,16-17,20,22,25-26,29,33,44H,1,14-15,18-19,21H2,2-4H3,(H,47,50)(H,48,52)/t22-,25-,29+,33-,40-/m1/s1. The van der Waals surface area contributed by atoms with Gasteiger partial charge in [-0.05, 0) is 61.1 Å². The van der Waals surface area contributed by atoms with Crippen LogP contribution in [0.1, 0.15) is 46.5 Å². The average Bonchev–Trinajstić information content (AvgIpc) is 4.09. The summed E-state index contributed by atoms with van der Waals surface area (Å²) in [7, 11) is -3.93. The van der Waals surface area contributed by atoms with E-state index in [0.29, 0.717) is 40.7 Å². The maximum atomic E-state index is 14.8. The van der Waals surface area contributed by atoms with Gasteiger partial charge in [-0.25, -0.2) is 22.8 Å². The number of ether oxygens (including phenoxy) is 1. The maximum Gasteiger partial charge on any atom is 0.262 e. The molecule has 2 aliphatic carbocycles. The molecule has 4 heterocycles. The zero-order valence-corrected chi connectivity index (χ0v) is 32.3. The van der Waals surface area contributed by atoms with Gasteiger partial charge in [0.15, 0.2) is 5.82 Å². The second-order valence-electron chi connectivity index (χ2n) is 15.8. The van der Waals surface area contributed by atoms with Crippen molar-refractivity contribution in [2.24, 2.45) is 11.3 Å². The second-order valence-corrected chi connectivity index (χ2v) is 17.8. The number of sulfonamides is 1. The highest BCUT2D eigenvalue weighted by Gasteiger charge is 2.62. The predicted octanol–water partition coefficient (Wildman–Crippen LogP) is 4.52. The van der Waals surface area contributed by atoms with Crippen LogP contribution in [0.15, 0.2) is 84.2 Å². The van der Waals surface area contributed by atoms with Gasteiger partial charge in [0.2, 0.25) is 27.4 Å². The molecule has 2 saturated carbocycles. The van der Waals surface area contributed by atoms with Crippen LogP contribution in [0.5, 0.6) is 5.88 Å². The van der Waals surface area contributed by atoms with Crippen molar-refractivity contribution in [2.45, 2.75) is 75.4 Å². The molecule has 15 nitrogen and oxygen atoms in total. The van der Waals surface area contributed by atoms with Gasteiger partial charge in [0.25, 0.3) is 11.8 Å². The van der Waals surface area contributed by atoms with E-state index in [1.54, 1.807) is 6.07 Å². The van der Waals surface area contributed by atoms with Crippen LogP contribution in [0.25, 0.3) is 33.6 Å². The van der Waals surface area contributed by atoms with Crippen LogP contribution < -0.4 is 20.1 Å². The molecule has 3 aliphatic rings. The molecule has 3 fully saturated rings. The van der Waals surface area contributed by atoms with Crippen LogP contribution in [0.3, 0.4) is 0 Å². The quantitative estimate of drug-likeness (QED) is 0.150. The molecule has 8 rings (SSSR count). The Morgan fingerprint density at radius 3 is 2.51 bits per heavy atom. The first-order valence-electron chi connectivity index (χ1n) is 18.6. The van der Waals surface area contributed by atoms with E-state index < -0.39 is 73.9 Å². The molecular weight excluding hydrogens is 756 g/mol. The SMILES string of the molecule is C=C[C@@H]1C[C@]1(NC(=O)[C@@H]1C[C@@H](Oc2nc(-c3cnccn3)nc3c2oc2ccccc23)CN1C(=O)[C@@H](Nc1ccc(F)cc1)C(C)(C)C)C(=O)NS(=O)(=O)C1CC1. The molecule has 0 spiro atoms. The van der Waals surface area contributed by atoms with E-state index in [1.807, 2.05) is 39.0 Å². The fourth-order valence-corrected chi connectivity index (χ4v) is 8.62. The first-order valence-corrected chi connectivity index (χ1v) is 20.2. The fraction of sp³-hybridized carbons (Fsp3) is 0.375. The maximum absolute atomic E-state index is 14.8. The molecule has 3 amide bonds. The molecule has 3 aromatic heterocycles. The minimum atomic E-state index is -3.93. The zero-order valence-electron chi connectivity index (χ0n) is 31.4. The van der Waals surface area contributed by atoms with E-state index >= 15 is 0 Å². The van der Waals surface area contributed by atoms with Crippen molar-refractivity contribution < 1.29 is 36.3 Å². The molecule has 0 bridgehead atoms. The van der Waals surface area contributed by atoms with Gasteiger partial charge in [0, 0.05) is 35.8 Å². The number of anilines is 1. The molecule has 0 unspecified atom stereocenters. The Bertz CT molecular complexity index is 2510. The molecular formula is C40H41FN8O7S. The van der Waals surface area contributed by atoms with E-state index in [9.17, 15) is 27.2 Å². The van der Waals surface area contributed by atoms with E-state index in [4.69, 9.17) is 14.1 Å². The van der Waals surface area contributed by atoms with Crippen molar-refractivity contribution in [3.63, 3.8) is 0 Å². The number of para-hydroxylation sites is 1. The third kappa shape index (κ3) is 7.38. The van der Waals surface area contributed by atoms with Gasteiger partial charge >= 0.3 is 0 Å². The number of carbonyl (C=O) groups excluding carboxylic acids is 3. The first kappa shape index (κ1) is 37.9. The number of benzene rings is 2. The van der Waals surface area contributed by atoms with Gasteiger partial charge in [0.05, 0.1) is 18.0 Å². The van der Waals surface area contributed by atoms with Gasteiger partial charge in [-0.1, -0.05) is 39.0 Å². The normalized spacial score (nSPS) is 22.5. The number of likely N-dealkylation sites (tertiary alicyclic amines) is 1. The molecule has 3 N–H and O–H groups in total. The van der Waals surface area contributed by atoms with Gasteiger partial charge in [-0.2, -0.15) is 4.98 Å². The van der Waals surface area contributed by atoms with Crippen LogP contribution in [-0.4, -0.2) is 86.5 Å². The number of carbonyl (C=O) groups is 3. The van der Waals surface area contributed by atoms with Crippen LogP contribution in [0.2, 0.25) is 0 Å². The van der Waals surface area contributed by atoms with Gasteiger partial charge < -0.3 is 24.7 Å². The third-order valence-electron chi connectivity index (χ3n) is 10.6. The van der Waals surface area contributed by atoms with Crippen molar-refractivity contribution in [1.82, 2.24) is 34.9 Å². The first-order chi connectivity index (χ1) is 27.2. The minimum Gasteiger partial charge on any atom is -0.470 e. The van der Waals surface area contributed by atoms with Crippen molar-refractivity contribution in [2.75, 3.05) is 11.9 Å². The number of fused-ring (bicyclic) bond motifs is 3. The Labute approximate surface area is 327 Å². The van der Waals surface area contributed by atoms with E-state index in [0.717, 1.165) is 0 Å². The van der Waals surface area contributed by atoms with Crippen molar-refractivity contribution >= 4 is 55.5 Å². The van der Waals surface area contributed by atoms with Crippen LogP contribution in [0, 0.1) is 17.2 Å². The van der Waals surface area contributed by atoms with Gasteiger partial charge in [-0.3, -0.25) is 24.1 Å². The molecule has 1 saturated heterocycles. The molecule has 5 atom stereocenters. The lowest BCUT2D eigenvalue weighted by molar-refractivity contribution is -0.141. The smallest absolute Gasteiger partial charge is 0.262 e. The Hall–Kier alpha value is -5.97. The Kier molecular flexibility index (Phi) is 9.45. The average molecular weight is 797 g/mol. The van der Waals surface area contributed by atoms with Gasteiger partial charge in [0.1, 0.15) is 46.3 Å². The summed E-state index contributed by atoms with van der Waals surface area (Å²) in [6, 6.07) is 10.8. The van der Waals surface area contributed by atoms with Gasteiger partial charge in [-0.15, -0.1) is 6.58 Å². The summed E-state index contributed by atoms with van der Waals surface area (Å²) in [6.45, 7) is 9.28. The summed E-state index contributed by atoms with van der Waals surface area (Å²) in [4.78, 5) is 62.2. The summed E-state index contributed by atoms with van der Waals surface area (Å²) in [5.74, 6) is -2.70. The van der Waals surface area contributed by atoms with Crippen molar-refractivity contribution in [1.29, 1.82) is 0 Å². The highest BCUT2D eigenvalue weighted by Crippen LogP contribution is 2.46. The summed E-state index contributed by atoms with van der Waals surface area (Å²) < 4.78 is 54.3. The van der Waals surface area contributed by atoms with E-state index in [2.05, 4.69) is 36.9 Å². The zero-order chi connectivity index (χ0) is 40.3. The van der Waals surface area contributed by atoms with E-state index in [-0.39, 0.29) is 36.7 Å². The number of furan rings is 1. The highest BCUT2D eigenvalue weighted by molar-refractivity contribution is 7.91. The number of hydrogen-bond donors (Lipinski definition) is 3. The number of hydrogen-bond acceptors (Lipinski definition) is 12. The van der Waals surface area contributed by atoms with Crippen LogP contribution in [0.4, 0.5) is 10.1 Å². The lowest BCUT2D eigenvalue weighted by atomic mass is 9.85. The molecule has 17 heteroatoms.